The van der Waals surface area contributed by atoms with Crippen LogP contribution in [0, 0.1) is 18.7 Å². The quantitative estimate of drug-likeness (QED) is 0.755. The van der Waals surface area contributed by atoms with Crippen LogP contribution in [0.4, 0.5) is 18.9 Å². The number of halogens is 3. The fourth-order valence-electron chi connectivity index (χ4n) is 4.25. The van der Waals surface area contributed by atoms with Crippen molar-refractivity contribution in [2.45, 2.75) is 44.7 Å². The average Bonchev–Trinajstić information content (AvgIpc) is 3.37. The van der Waals surface area contributed by atoms with Gasteiger partial charge in [0.2, 0.25) is 0 Å². The van der Waals surface area contributed by atoms with Gasteiger partial charge in [0.1, 0.15) is 5.82 Å². The van der Waals surface area contributed by atoms with Crippen molar-refractivity contribution < 1.29 is 13.2 Å². The summed E-state index contributed by atoms with van der Waals surface area (Å²) in [6.45, 7) is 2.25. The van der Waals surface area contributed by atoms with Crippen LogP contribution in [-0.4, -0.2) is 34.3 Å². The Kier molecular flexibility index (Phi) is 4.04. The van der Waals surface area contributed by atoms with Crippen LogP contribution in [0.1, 0.15) is 31.4 Å². The first-order valence-corrected chi connectivity index (χ1v) is 9.18. The lowest BCUT2D eigenvalue weighted by atomic mass is 9.98. The van der Waals surface area contributed by atoms with E-state index in [1.165, 1.54) is 23.3 Å². The van der Waals surface area contributed by atoms with E-state index in [1.54, 1.807) is 0 Å². The number of fused-ring (bicyclic) bond motifs is 1. The van der Waals surface area contributed by atoms with Gasteiger partial charge < -0.3 is 16.5 Å². The van der Waals surface area contributed by atoms with E-state index in [9.17, 15) is 22.8 Å². The highest BCUT2D eigenvalue weighted by Crippen LogP contribution is 2.42. The average molecular weight is 397 g/mol. The minimum Gasteiger partial charge on any atom is -0.362 e. The van der Waals surface area contributed by atoms with Crippen LogP contribution in [0.3, 0.4) is 0 Å². The van der Waals surface area contributed by atoms with E-state index in [2.05, 4.69) is 0 Å². The number of hydrogen-bond acceptors (Lipinski definition) is 5. The number of benzene rings is 1. The van der Waals surface area contributed by atoms with Gasteiger partial charge in [-0.2, -0.15) is 4.68 Å². The van der Waals surface area contributed by atoms with Crippen LogP contribution in [-0.2, 0) is 0 Å². The zero-order valence-corrected chi connectivity index (χ0v) is 15.6. The van der Waals surface area contributed by atoms with Crippen LogP contribution >= 0.6 is 0 Å². The molecule has 1 saturated heterocycles. The van der Waals surface area contributed by atoms with Crippen molar-refractivity contribution >= 4 is 16.6 Å². The molecule has 1 aromatic carbocycles. The fourth-order valence-corrected chi connectivity index (χ4v) is 4.25. The second-order valence-electron chi connectivity index (χ2n) is 7.89. The number of anilines is 1. The predicted octanol–water partition coefficient (Wildman–Crippen LogP) is 1.08. The molecule has 2 aliphatic rings. The summed E-state index contributed by atoms with van der Waals surface area (Å²) >= 11 is 0. The molecule has 28 heavy (non-hydrogen) atoms. The summed E-state index contributed by atoms with van der Waals surface area (Å²) in [5.41, 5.74) is 4.70. The number of alkyl halides is 2. The zero-order chi connectivity index (χ0) is 20.5. The molecule has 4 N–H and O–H groups in total. The lowest BCUT2D eigenvalue weighted by Crippen LogP contribution is -2.44. The molecule has 1 saturated carbocycles. The van der Waals surface area contributed by atoms with E-state index < -0.39 is 41.5 Å². The number of nitrogens with zero attached hydrogens (tertiary/aromatic N) is 3. The van der Waals surface area contributed by atoms with E-state index in [0.29, 0.717) is 4.68 Å². The Morgan fingerprint density at radius 1 is 1.29 bits per heavy atom. The second kappa shape index (κ2) is 6.00. The van der Waals surface area contributed by atoms with Crippen molar-refractivity contribution in [3.8, 4) is 0 Å². The van der Waals surface area contributed by atoms with Crippen LogP contribution in [0.25, 0.3) is 10.9 Å². The van der Waals surface area contributed by atoms with Gasteiger partial charge in [0.05, 0.1) is 29.1 Å². The van der Waals surface area contributed by atoms with Crippen molar-refractivity contribution in [2.75, 3.05) is 23.8 Å². The summed E-state index contributed by atoms with van der Waals surface area (Å²) < 4.78 is 45.6. The molecule has 1 aliphatic carbocycles. The zero-order valence-electron chi connectivity index (χ0n) is 15.6. The minimum atomic E-state index is -3.07. The molecule has 2 heterocycles. The molecule has 0 bridgehead atoms. The van der Waals surface area contributed by atoms with Gasteiger partial charge in [0.25, 0.3) is 11.5 Å². The number of rotatable bonds is 3. The Balaban J connectivity index is 1.97. The molecule has 2 fully saturated rings. The molecule has 7 nitrogen and oxygen atoms in total. The van der Waals surface area contributed by atoms with Crippen molar-refractivity contribution in [1.82, 2.24) is 9.24 Å². The van der Waals surface area contributed by atoms with Crippen LogP contribution in [0.2, 0.25) is 0 Å². The maximum atomic E-state index is 15.0. The summed E-state index contributed by atoms with van der Waals surface area (Å²) in [6.07, 6.45) is 1.46. The third-order valence-corrected chi connectivity index (χ3v) is 5.79. The van der Waals surface area contributed by atoms with Crippen molar-refractivity contribution in [2.24, 2.45) is 11.7 Å². The second-order valence-corrected chi connectivity index (χ2v) is 7.89. The Morgan fingerprint density at radius 3 is 2.46 bits per heavy atom. The molecular formula is C18H22F3N5O2. The molecule has 2 atom stereocenters. The molecule has 0 spiro atoms. The molecule has 2 unspecified atom stereocenters. The van der Waals surface area contributed by atoms with E-state index in [4.69, 9.17) is 11.6 Å². The highest BCUT2D eigenvalue weighted by molar-refractivity contribution is 5.87. The molecule has 4 rings (SSSR count). The summed E-state index contributed by atoms with van der Waals surface area (Å²) in [6, 6.07) is 0.0797. The Bertz CT molecular complexity index is 1090. The minimum absolute atomic E-state index is 0.0294. The monoisotopic (exact) mass is 397 g/mol. The van der Waals surface area contributed by atoms with Gasteiger partial charge in [-0.15, -0.1) is 0 Å². The van der Waals surface area contributed by atoms with E-state index in [0.717, 1.165) is 18.9 Å². The number of aromatic nitrogens is 2. The number of aryl methyl sites for hydroxylation is 1. The normalized spacial score (nSPS) is 22.8. The molecule has 0 amide bonds. The molecule has 1 aliphatic heterocycles. The molecule has 1 aromatic heterocycles. The topological polar surface area (TPSA) is 99.3 Å². The summed E-state index contributed by atoms with van der Waals surface area (Å²) in [4.78, 5) is 26.2. The van der Waals surface area contributed by atoms with Gasteiger partial charge in [-0.3, -0.25) is 9.36 Å². The molecular weight excluding hydrogens is 375 g/mol. The summed E-state index contributed by atoms with van der Waals surface area (Å²) in [5, 5.41) is -0.0394. The van der Waals surface area contributed by atoms with Gasteiger partial charge in [-0.1, -0.05) is 0 Å². The van der Waals surface area contributed by atoms with Crippen LogP contribution in [0.15, 0.2) is 15.7 Å². The standard InChI is InChI=1S/C18H22F3N5O2/c1-8-14-11(16(27)26(23)17(28)25(14)10-3-4-10)5-13(19)15(8)24-6-12(9(2)22)18(20,21)7-24/h5,9-10,12H,3-4,6-7,22-23H2,1-2H3. The number of nitrogen functional groups attached to an aromatic ring is 1. The molecule has 2 aromatic rings. The van der Waals surface area contributed by atoms with Gasteiger partial charge in [-0.25, -0.2) is 18.0 Å². The van der Waals surface area contributed by atoms with Crippen molar-refractivity contribution in [1.29, 1.82) is 0 Å². The van der Waals surface area contributed by atoms with Crippen LogP contribution < -0.4 is 27.7 Å². The number of hydrogen-bond donors (Lipinski definition) is 2. The van der Waals surface area contributed by atoms with Gasteiger partial charge in [0.15, 0.2) is 0 Å². The lowest BCUT2D eigenvalue weighted by molar-refractivity contribution is -0.0273. The third kappa shape index (κ3) is 2.61. The highest BCUT2D eigenvalue weighted by Gasteiger charge is 2.50. The lowest BCUT2D eigenvalue weighted by Gasteiger charge is -2.24. The van der Waals surface area contributed by atoms with Crippen molar-refractivity contribution in [3.63, 3.8) is 0 Å². The molecule has 10 heteroatoms. The first-order valence-electron chi connectivity index (χ1n) is 9.18. The highest BCUT2D eigenvalue weighted by atomic mass is 19.3. The fraction of sp³-hybridized carbons (Fsp3) is 0.556. The molecule has 0 radical (unpaired) electrons. The van der Waals surface area contributed by atoms with Gasteiger partial charge in [-0.05, 0) is 32.8 Å². The Hall–Kier alpha value is -2.49. The first kappa shape index (κ1) is 18.9. The summed E-state index contributed by atoms with van der Waals surface area (Å²) in [7, 11) is 0. The largest absolute Gasteiger partial charge is 0.362 e. The van der Waals surface area contributed by atoms with E-state index in [-0.39, 0.29) is 34.7 Å². The predicted molar refractivity (Wildman–Crippen MR) is 99.9 cm³/mol. The van der Waals surface area contributed by atoms with Gasteiger partial charge >= 0.3 is 5.69 Å². The van der Waals surface area contributed by atoms with Crippen molar-refractivity contribution in [3.05, 3.63) is 38.3 Å². The molecule has 152 valence electrons. The third-order valence-electron chi connectivity index (χ3n) is 5.79. The number of nitrogens with two attached hydrogens (primary N) is 2. The maximum Gasteiger partial charge on any atom is 0.350 e. The SMILES string of the molecule is Cc1c(N2CC(C(C)N)C(F)(F)C2)c(F)cc2c(=O)n(N)c(=O)n(C3CC3)c12. The Morgan fingerprint density at radius 2 is 1.93 bits per heavy atom. The van der Waals surface area contributed by atoms with Gasteiger partial charge in [0, 0.05) is 24.2 Å². The smallest absolute Gasteiger partial charge is 0.350 e. The maximum absolute atomic E-state index is 15.0. The summed E-state index contributed by atoms with van der Waals surface area (Å²) in [5.74, 6) is 0.594. The van der Waals surface area contributed by atoms with E-state index >= 15 is 0 Å². The first-order chi connectivity index (χ1) is 13.0. The van der Waals surface area contributed by atoms with Crippen LogP contribution in [0.5, 0.6) is 0 Å². The van der Waals surface area contributed by atoms with E-state index in [1.807, 2.05) is 0 Å². The Labute approximate surface area is 158 Å².